The molecule has 96 valence electrons. The first-order valence-electron chi connectivity index (χ1n) is 5.65. The molecule has 19 heavy (non-hydrogen) atoms. The first kappa shape index (κ1) is 12.8. The zero-order valence-corrected chi connectivity index (χ0v) is 10.4. The highest BCUT2D eigenvalue weighted by atomic mass is 16.1. The highest BCUT2D eigenvalue weighted by molar-refractivity contribution is 6.03. The molecule has 1 aromatic heterocycles. The topological polar surface area (TPSA) is 85.8 Å². The summed E-state index contributed by atoms with van der Waals surface area (Å²) >= 11 is 0. The minimum Gasteiger partial charge on any atom is -0.320 e. The monoisotopic (exact) mass is 255 g/mol. The van der Waals surface area contributed by atoms with Gasteiger partial charge in [0.25, 0.3) is 5.91 Å². The fraction of sp³-hybridized carbons (Fsp3) is 0.154. The molecule has 0 radical (unpaired) electrons. The van der Waals surface area contributed by atoms with Crippen molar-refractivity contribution in [1.29, 1.82) is 0 Å². The lowest BCUT2D eigenvalue weighted by Crippen LogP contribution is -2.15. The summed E-state index contributed by atoms with van der Waals surface area (Å²) < 4.78 is 1.48. The Bertz CT molecular complexity index is 650. The van der Waals surface area contributed by atoms with E-state index in [0.717, 1.165) is 5.56 Å². The second-order valence-electron chi connectivity index (χ2n) is 3.75. The van der Waals surface area contributed by atoms with Gasteiger partial charge >= 0.3 is 0 Å². The van der Waals surface area contributed by atoms with E-state index in [0.29, 0.717) is 11.5 Å². The number of anilines is 1. The van der Waals surface area contributed by atoms with Crippen molar-refractivity contribution in [3.63, 3.8) is 0 Å². The number of carbonyl (C=O) groups excluding carboxylic acids is 1. The molecule has 0 aliphatic carbocycles. The van der Waals surface area contributed by atoms with Gasteiger partial charge in [-0.25, -0.2) is 4.68 Å². The summed E-state index contributed by atoms with van der Waals surface area (Å²) in [5, 5.41) is 6.54. The summed E-state index contributed by atoms with van der Waals surface area (Å²) in [6, 6.07) is 7.00. The molecule has 3 N–H and O–H groups in total. The second kappa shape index (κ2) is 5.80. The van der Waals surface area contributed by atoms with Gasteiger partial charge in [-0.2, -0.15) is 10.1 Å². The lowest BCUT2D eigenvalue weighted by Gasteiger charge is -2.04. The van der Waals surface area contributed by atoms with Crippen molar-refractivity contribution in [2.24, 2.45) is 12.8 Å². The van der Waals surface area contributed by atoms with E-state index in [4.69, 9.17) is 5.73 Å². The van der Waals surface area contributed by atoms with E-state index in [1.807, 2.05) is 6.07 Å². The second-order valence-corrected chi connectivity index (χ2v) is 3.75. The van der Waals surface area contributed by atoms with Gasteiger partial charge in [-0.05, 0) is 18.2 Å². The van der Waals surface area contributed by atoms with Crippen molar-refractivity contribution in [2.75, 3.05) is 11.9 Å². The highest BCUT2D eigenvalue weighted by Gasteiger charge is 2.09. The maximum absolute atomic E-state index is 12.0. The Balaban J connectivity index is 2.17. The van der Waals surface area contributed by atoms with Gasteiger partial charge in [0, 0.05) is 18.2 Å². The first-order valence-corrected chi connectivity index (χ1v) is 5.65. The number of hydrogen-bond donors (Lipinski definition) is 2. The summed E-state index contributed by atoms with van der Waals surface area (Å²) in [6.07, 6.45) is 1.37. The molecule has 0 aliphatic rings. The van der Waals surface area contributed by atoms with E-state index >= 15 is 0 Å². The molecule has 2 rings (SSSR count). The molecule has 0 saturated heterocycles. The van der Waals surface area contributed by atoms with Crippen LogP contribution in [-0.2, 0) is 7.05 Å². The number of hydrogen-bond acceptors (Lipinski definition) is 4. The van der Waals surface area contributed by atoms with E-state index in [1.54, 1.807) is 25.2 Å². The molecule has 0 unspecified atom stereocenters. The van der Waals surface area contributed by atoms with Crippen LogP contribution in [0.5, 0.6) is 0 Å². The minimum absolute atomic E-state index is 0.257. The van der Waals surface area contributed by atoms with Crippen LogP contribution in [0.3, 0.4) is 0 Å². The third kappa shape index (κ3) is 3.18. The van der Waals surface area contributed by atoms with Gasteiger partial charge in [-0.15, -0.1) is 0 Å². The Morgan fingerprint density at radius 1 is 1.53 bits per heavy atom. The van der Waals surface area contributed by atoms with Crippen LogP contribution in [0.15, 0.2) is 30.6 Å². The average Bonchev–Trinajstić information content (AvgIpc) is 2.82. The number of nitrogens with zero attached hydrogens (tertiary/aromatic N) is 3. The maximum atomic E-state index is 12.0. The zero-order valence-electron chi connectivity index (χ0n) is 10.4. The van der Waals surface area contributed by atoms with Crippen LogP contribution >= 0.6 is 0 Å². The number of benzene rings is 1. The summed E-state index contributed by atoms with van der Waals surface area (Å²) in [6.45, 7) is 0.287. The van der Waals surface area contributed by atoms with Crippen molar-refractivity contribution in [1.82, 2.24) is 14.8 Å². The SMILES string of the molecule is Cn1ncnc1NC(=O)c1cccc(C#CCN)c1. The molecule has 1 aromatic carbocycles. The first-order chi connectivity index (χ1) is 9.20. The Morgan fingerprint density at radius 2 is 2.37 bits per heavy atom. The third-order valence-corrected chi connectivity index (χ3v) is 2.40. The maximum Gasteiger partial charge on any atom is 0.258 e. The van der Waals surface area contributed by atoms with Crippen LogP contribution in [0.1, 0.15) is 15.9 Å². The summed E-state index contributed by atoms with van der Waals surface area (Å²) in [5.74, 6) is 5.76. The van der Waals surface area contributed by atoms with E-state index in [2.05, 4.69) is 27.2 Å². The van der Waals surface area contributed by atoms with Crippen molar-refractivity contribution >= 4 is 11.9 Å². The number of carbonyl (C=O) groups is 1. The lowest BCUT2D eigenvalue weighted by atomic mass is 10.1. The quantitative estimate of drug-likeness (QED) is 0.759. The molecule has 0 bridgehead atoms. The Kier molecular flexibility index (Phi) is 3.90. The average molecular weight is 255 g/mol. The van der Waals surface area contributed by atoms with Gasteiger partial charge in [-0.3, -0.25) is 10.1 Å². The van der Waals surface area contributed by atoms with Gasteiger partial charge in [0.05, 0.1) is 6.54 Å². The Hall–Kier alpha value is -2.65. The van der Waals surface area contributed by atoms with Gasteiger partial charge in [0.1, 0.15) is 6.33 Å². The molecule has 0 spiro atoms. The Morgan fingerprint density at radius 3 is 3.05 bits per heavy atom. The van der Waals surface area contributed by atoms with Gasteiger partial charge in [0.15, 0.2) is 0 Å². The highest BCUT2D eigenvalue weighted by Crippen LogP contribution is 2.07. The van der Waals surface area contributed by atoms with Crippen molar-refractivity contribution in [3.8, 4) is 11.8 Å². The van der Waals surface area contributed by atoms with Crippen LogP contribution in [0.2, 0.25) is 0 Å². The lowest BCUT2D eigenvalue weighted by molar-refractivity contribution is 0.102. The van der Waals surface area contributed by atoms with E-state index in [1.165, 1.54) is 11.0 Å². The molecule has 2 aromatic rings. The number of aryl methyl sites for hydroxylation is 1. The number of nitrogens with two attached hydrogens (primary N) is 1. The van der Waals surface area contributed by atoms with Gasteiger partial charge < -0.3 is 5.73 Å². The number of rotatable bonds is 2. The summed E-state index contributed by atoms with van der Waals surface area (Å²) in [4.78, 5) is 16.0. The fourth-order valence-corrected chi connectivity index (χ4v) is 1.47. The number of aromatic nitrogens is 3. The molecule has 0 atom stereocenters. The molecule has 1 amide bonds. The predicted octanol–water partition coefficient (Wildman–Crippen LogP) is 0.378. The number of nitrogens with one attached hydrogen (secondary N) is 1. The third-order valence-electron chi connectivity index (χ3n) is 2.40. The normalized spacial score (nSPS) is 9.58. The molecule has 0 fully saturated rings. The van der Waals surface area contributed by atoms with Crippen LogP contribution in [0, 0.1) is 11.8 Å². The molecule has 0 aliphatic heterocycles. The molecule has 1 heterocycles. The van der Waals surface area contributed by atoms with Crippen LogP contribution in [0.4, 0.5) is 5.95 Å². The Labute approximate surface area is 110 Å². The zero-order chi connectivity index (χ0) is 13.7. The molecular formula is C13H13N5O. The van der Waals surface area contributed by atoms with Crippen LogP contribution < -0.4 is 11.1 Å². The van der Waals surface area contributed by atoms with Crippen molar-refractivity contribution in [3.05, 3.63) is 41.7 Å². The molecular weight excluding hydrogens is 242 g/mol. The predicted molar refractivity (Wildman–Crippen MR) is 71.3 cm³/mol. The van der Waals surface area contributed by atoms with Crippen molar-refractivity contribution in [2.45, 2.75) is 0 Å². The fourth-order valence-electron chi connectivity index (χ4n) is 1.47. The van der Waals surface area contributed by atoms with E-state index < -0.39 is 0 Å². The standard InChI is InChI=1S/C13H13N5O/c1-18-13(15-9-16-18)17-12(19)11-6-2-4-10(8-11)5-3-7-14/h2,4,6,8-9H,7,14H2,1H3,(H,15,16,17,19). The summed E-state index contributed by atoms with van der Waals surface area (Å²) in [7, 11) is 1.70. The smallest absolute Gasteiger partial charge is 0.258 e. The van der Waals surface area contributed by atoms with Gasteiger partial charge in [0.2, 0.25) is 5.95 Å². The summed E-state index contributed by atoms with van der Waals surface area (Å²) in [5.41, 5.74) is 6.56. The molecule has 6 heteroatoms. The van der Waals surface area contributed by atoms with Crippen LogP contribution in [0.25, 0.3) is 0 Å². The molecule has 6 nitrogen and oxygen atoms in total. The largest absolute Gasteiger partial charge is 0.320 e. The van der Waals surface area contributed by atoms with Crippen molar-refractivity contribution < 1.29 is 4.79 Å². The number of amides is 1. The minimum atomic E-state index is -0.257. The van der Waals surface area contributed by atoms with E-state index in [-0.39, 0.29) is 12.5 Å². The van der Waals surface area contributed by atoms with Gasteiger partial charge in [-0.1, -0.05) is 17.9 Å². The van der Waals surface area contributed by atoms with E-state index in [9.17, 15) is 4.79 Å². The van der Waals surface area contributed by atoms with Crippen LogP contribution in [-0.4, -0.2) is 27.2 Å². The molecule has 0 saturated carbocycles.